The molecule has 0 bridgehead atoms. The van der Waals surface area contributed by atoms with Crippen molar-refractivity contribution in [2.75, 3.05) is 0 Å². The van der Waals surface area contributed by atoms with Gasteiger partial charge in [0.05, 0.1) is 17.5 Å². The van der Waals surface area contributed by atoms with Gasteiger partial charge in [-0.25, -0.2) is 4.39 Å². The molecule has 6 heteroatoms. The molecule has 0 amide bonds. The third-order valence-corrected chi connectivity index (χ3v) is 5.75. The number of thiophene rings is 1. The van der Waals surface area contributed by atoms with Gasteiger partial charge in [-0.1, -0.05) is 12.1 Å². The molecule has 134 valence electrons. The molecular formula is C21H15FN2O2S. The monoisotopic (exact) mass is 378 g/mol. The van der Waals surface area contributed by atoms with Crippen LogP contribution in [0.2, 0.25) is 0 Å². The fourth-order valence-electron chi connectivity index (χ4n) is 3.48. The normalized spacial score (nSPS) is 12.4. The molecule has 2 heterocycles. The number of nitriles is 1. The molecule has 2 N–H and O–H groups in total. The van der Waals surface area contributed by atoms with E-state index < -0.39 is 11.7 Å². The summed E-state index contributed by atoms with van der Waals surface area (Å²) in [5.41, 5.74) is 2.43. The molecule has 0 saturated carbocycles. The molecule has 1 atom stereocenters. The number of halogens is 1. The number of H-pyrrole nitrogens is 1. The maximum atomic E-state index is 14.6. The first-order valence-corrected chi connectivity index (χ1v) is 9.25. The minimum absolute atomic E-state index is 0.0139. The van der Waals surface area contributed by atoms with Crippen molar-refractivity contribution in [1.29, 1.82) is 5.26 Å². The van der Waals surface area contributed by atoms with Gasteiger partial charge in [-0.15, -0.1) is 11.3 Å². The molecule has 4 rings (SSSR count). The van der Waals surface area contributed by atoms with E-state index in [4.69, 9.17) is 5.26 Å². The van der Waals surface area contributed by atoms with Gasteiger partial charge in [-0.2, -0.15) is 5.26 Å². The van der Waals surface area contributed by atoms with Crippen LogP contribution in [0.25, 0.3) is 32.1 Å². The van der Waals surface area contributed by atoms with Crippen LogP contribution < -0.4 is 5.56 Å². The maximum absolute atomic E-state index is 14.6. The molecule has 0 aliphatic carbocycles. The summed E-state index contributed by atoms with van der Waals surface area (Å²) in [6.07, 6.45) is 0. The number of aromatic amines is 1. The van der Waals surface area contributed by atoms with E-state index in [1.165, 1.54) is 17.4 Å². The number of rotatable bonds is 2. The Morgan fingerprint density at radius 3 is 2.78 bits per heavy atom. The topological polar surface area (TPSA) is 76.9 Å². The van der Waals surface area contributed by atoms with Gasteiger partial charge in [0.2, 0.25) is 0 Å². The SMILES string of the molecule is Cc1cc(O)c(-c2ccc(C(C)C#N)c(F)c2)c2c1[nH]c(=O)c1sccc12. The van der Waals surface area contributed by atoms with Crippen LogP contribution in [0.15, 0.2) is 40.5 Å². The number of aryl methyl sites for hydroxylation is 1. The Kier molecular flexibility index (Phi) is 3.97. The number of phenolic OH excluding ortho intramolecular Hbond substituents is 1. The van der Waals surface area contributed by atoms with Crippen LogP contribution in [0.3, 0.4) is 0 Å². The van der Waals surface area contributed by atoms with Crippen molar-refractivity contribution in [3.8, 4) is 22.9 Å². The summed E-state index contributed by atoms with van der Waals surface area (Å²) in [5.74, 6) is -1.05. The second kappa shape index (κ2) is 6.22. The van der Waals surface area contributed by atoms with Crippen molar-refractivity contribution in [3.05, 3.63) is 63.0 Å². The highest BCUT2D eigenvalue weighted by molar-refractivity contribution is 7.17. The molecule has 0 aliphatic heterocycles. The number of aromatic hydroxyl groups is 1. The fourth-order valence-corrected chi connectivity index (χ4v) is 4.27. The van der Waals surface area contributed by atoms with Gasteiger partial charge in [0.1, 0.15) is 16.3 Å². The van der Waals surface area contributed by atoms with Crippen LogP contribution in [-0.4, -0.2) is 10.1 Å². The Morgan fingerprint density at radius 1 is 1.30 bits per heavy atom. The van der Waals surface area contributed by atoms with Gasteiger partial charge in [0, 0.05) is 21.9 Å². The Labute approximate surface area is 158 Å². The average molecular weight is 378 g/mol. The number of hydrogen-bond acceptors (Lipinski definition) is 4. The molecule has 27 heavy (non-hydrogen) atoms. The summed E-state index contributed by atoms with van der Waals surface area (Å²) in [7, 11) is 0. The van der Waals surface area contributed by atoms with Gasteiger partial charge in [-0.3, -0.25) is 4.79 Å². The van der Waals surface area contributed by atoms with Gasteiger partial charge in [0.15, 0.2) is 0 Å². The first-order chi connectivity index (χ1) is 12.9. The molecular weight excluding hydrogens is 363 g/mol. The zero-order valence-corrected chi connectivity index (χ0v) is 15.4. The van der Waals surface area contributed by atoms with Crippen molar-refractivity contribution < 1.29 is 9.50 Å². The molecule has 4 aromatic rings. The van der Waals surface area contributed by atoms with E-state index in [0.29, 0.717) is 32.3 Å². The first kappa shape index (κ1) is 17.3. The van der Waals surface area contributed by atoms with Crippen LogP contribution in [0, 0.1) is 24.1 Å². The fraction of sp³-hybridized carbons (Fsp3) is 0.143. The number of hydrogen-bond donors (Lipinski definition) is 2. The van der Waals surface area contributed by atoms with E-state index >= 15 is 0 Å². The average Bonchev–Trinajstić information content (AvgIpc) is 3.13. The van der Waals surface area contributed by atoms with Crippen LogP contribution in [0.1, 0.15) is 24.0 Å². The number of phenols is 1. The van der Waals surface area contributed by atoms with E-state index in [0.717, 1.165) is 10.9 Å². The van der Waals surface area contributed by atoms with Gasteiger partial charge in [-0.05, 0) is 48.6 Å². The lowest BCUT2D eigenvalue weighted by Crippen LogP contribution is -2.06. The van der Waals surface area contributed by atoms with E-state index in [1.54, 1.807) is 32.0 Å². The van der Waals surface area contributed by atoms with Crippen molar-refractivity contribution in [3.63, 3.8) is 0 Å². The van der Waals surface area contributed by atoms with Gasteiger partial charge < -0.3 is 10.1 Å². The van der Waals surface area contributed by atoms with Crippen LogP contribution in [0.4, 0.5) is 4.39 Å². The Morgan fingerprint density at radius 2 is 2.07 bits per heavy atom. The second-order valence-corrected chi connectivity index (χ2v) is 7.46. The molecule has 2 aromatic carbocycles. The molecule has 1 unspecified atom stereocenters. The standard InChI is InChI=1S/C21H15FN2O2S/c1-10-7-16(25)17(12-3-4-13(11(2)9-23)15(22)8-12)18-14-5-6-27-20(14)21(26)24-19(10)18/h3-8,11,25H,1-2H3,(H,24,26). The van der Waals surface area contributed by atoms with Crippen LogP contribution >= 0.6 is 11.3 Å². The summed E-state index contributed by atoms with van der Waals surface area (Å²) in [6.45, 7) is 3.44. The predicted octanol–water partition coefficient (Wildman–Crippen LogP) is 5.19. The highest BCUT2D eigenvalue weighted by Crippen LogP contribution is 2.41. The molecule has 0 saturated heterocycles. The number of benzene rings is 2. The summed E-state index contributed by atoms with van der Waals surface area (Å²) in [6, 6.07) is 10.0. The van der Waals surface area contributed by atoms with Crippen molar-refractivity contribution in [1.82, 2.24) is 4.98 Å². The lowest BCUT2D eigenvalue weighted by Gasteiger charge is -2.14. The quantitative estimate of drug-likeness (QED) is 0.504. The minimum atomic E-state index is -0.567. The number of nitrogens with one attached hydrogen (secondary N) is 1. The van der Waals surface area contributed by atoms with E-state index in [1.807, 2.05) is 17.5 Å². The Hall–Kier alpha value is -3.17. The Balaban J connectivity index is 2.11. The second-order valence-electron chi connectivity index (χ2n) is 6.54. The van der Waals surface area contributed by atoms with Gasteiger partial charge in [0.25, 0.3) is 5.56 Å². The molecule has 0 aliphatic rings. The zero-order valence-electron chi connectivity index (χ0n) is 14.6. The summed E-state index contributed by atoms with van der Waals surface area (Å²) in [4.78, 5) is 15.2. The third kappa shape index (κ3) is 2.59. The van der Waals surface area contributed by atoms with Crippen molar-refractivity contribution in [2.24, 2.45) is 0 Å². The summed E-state index contributed by atoms with van der Waals surface area (Å²) >= 11 is 1.32. The van der Waals surface area contributed by atoms with Gasteiger partial charge >= 0.3 is 0 Å². The molecule has 0 spiro atoms. The smallest absolute Gasteiger partial charge is 0.266 e. The number of nitrogens with zero attached hydrogens (tertiary/aromatic N) is 1. The number of aromatic nitrogens is 1. The largest absolute Gasteiger partial charge is 0.507 e. The van der Waals surface area contributed by atoms with Crippen LogP contribution in [-0.2, 0) is 0 Å². The van der Waals surface area contributed by atoms with E-state index in [9.17, 15) is 14.3 Å². The van der Waals surface area contributed by atoms with E-state index in [-0.39, 0.29) is 11.3 Å². The first-order valence-electron chi connectivity index (χ1n) is 8.37. The van der Waals surface area contributed by atoms with Crippen molar-refractivity contribution >= 4 is 32.3 Å². The van der Waals surface area contributed by atoms with Crippen molar-refractivity contribution in [2.45, 2.75) is 19.8 Å². The Bertz CT molecular complexity index is 1310. The third-order valence-electron chi connectivity index (χ3n) is 4.83. The number of fused-ring (bicyclic) bond motifs is 3. The van der Waals surface area contributed by atoms with Crippen LogP contribution in [0.5, 0.6) is 5.75 Å². The minimum Gasteiger partial charge on any atom is -0.507 e. The van der Waals surface area contributed by atoms with E-state index in [2.05, 4.69) is 4.98 Å². The molecule has 2 aromatic heterocycles. The summed E-state index contributed by atoms with van der Waals surface area (Å²) in [5, 5.41) is 22.9. The lowest BCUT2D eigenvalue weighted by molar-refractivity contribution is 0.477. The zero-order chi connectivity index (χ0) is 19.3. The lowest BCUT2D eigenvalue weighted by atomic mass is 9.93. The molecule has 4 nitrogen and oxygen atoms in total. The molecule has 0 fully saturated rings. The highest BCUT2D eigenvalue weighted by atomic mass is 32.1. The maximum Gasteiger partial charge on any atom is 0.266 e. The predicted molar refractivity (Wildman–Crippen MR) is 106 cm³/mol. The molecule has 0 radical (unpaired) electrons. The highest BCUT2D eigenvalue weighted by Gasteiger charge is 2.19. The summed E-state index contributed by atoms with van der Waals surface area (Å²) < 4.78 is 15.2. The number of pyridine rings is 1.